The lowest BCUT2D eigenvalue weighted by Gasteiger charge is -2.12. The van der Waals surface area contributed by atoms with Gasteiger partial charge in [0.2, 0.25) is 0 Å². The Balaban J connectivity index is 0.984. The largest absolute Gasteiger partial charge is 0.247 e. The summed E-state index contributed by atoms with van der Waals surface area (Å²) in [5, 5.41) is 3.63. The summed E-state index contributed by atoms with van der Waals surface area (Å²) in [6, 6.07) is 74.9. The predicted molar refractivity (Wildman–Crippen MR) is 248 cm³/mol. The van der Waals surface area contributed by atoms with Crippen LogP contribution < -0.4 is 0 Å². The fourth-order valence-corrected chi connectivity index (χ4v) is 9.29. The second kappa shape index (κ2) is 14.8. The van der Waals surface area contributed by atoms with Crippen LogP contribution in [0.5, 0.6) is 0 Å². The number of benzene rings is 8. The first kappa shape index (κ1) is 34.7. The first-order valence-electron chi connectivity index (χ1n) is 19.8. The van der Waals surface area contributed by atoms with E-state index in [0.29, 0.717) is 5.82 Å². The second-order valence-corrected chi connectivity index (χ2v) is 15.8. The zero-order valence-corrected chi connectivity index (χ0v) is 32.8. The van der Waals surface area contributed by atoms with Gasteiger partial charge in [-0.1, -0.05) is 188 Å². The average molecular weight is 770 g/mol. The third-order valence-corrected chi connectivity index (χ3v) is 12.3. The lowest BCUT2D eigenvalue weighted by molar-refractivity contribution is 1.18. The van der Waals surface area contributed by atoms with Crippen LogP contribution in [0.1, 0.15) is 0 Å². The van der Waals surface area contributed by atoms with Crippen LogP contribution in [-0.4, -0.2) is 15.0 Å². The van der Waals surface area contributed by atoms with Crippen LogP contribution in [0, 0.1) is 0 Å². The molecule has 0 atom stereocenters. The number of fused-ring (bicyclic) bond motifs is 5. The molecule has 59 heavy (non-hydrogen) atoms. The SMILES string of the molecule is c1ccc(-c2ccc(-c3cc(-c4ccc(-c5ccccc5)cc4)nc(-c4ccc(-c5ccc6nc(-c7ccccc7)c7c8ccccc8sc7c6c5)cc4)n3)cc2)cc1. The zero-order valence-electron chi connectivity index (χ0n) is 32.0. The van der Waals surface area contributed by atoms with E-state index in [4.69, 9.17) is 15.0 Å². The monoisotopic (exact) mass is 769 g/mol. The van der Waals surface area contributed by atoms with Crippen molar-refractivity contribution < 1.29 is 0 Å². The maximum absolute atomic E-state index is 5.28. The molecule has 3 heterocycles. The van der Waals surface area contributed by atoms with E-state index in [1.165, 1.54) is 47.8 Å². The van der Waals surface area contributed by atoms with Gasteiger partial charge in [0.05, 0.1) is 22.6 Å². The van der Waals surface area contributed by atoms with E-state index in [1.54, 1.807) is 0 Å². The van der Waals surface area contributed by atoms with Crippen LogP contribution in [0.15, 0.2) is 212 Å². The molecule has 0 aliphatic carbocycles. The molecular weight excluding hydrogens is 735 g/mol. The van der Waals surface area contributed by atoms with Crippen molar-refractivity contribution in [1.29, 1.82) is 0 Å². The maximum Gasteiger partial charge on any atom is 0.160 e. The number of rotatable bonds is 7. The lowest BCUT2D eigenvalue weighted by Crippen LogP contribution is -1.96. The highest BCUT2D eigenvalue weighted by Crippen LogP contribution is 2.43. The maximum atomic E-state index is 5.28. The first-order valence-corrected chi connectivity index (χ1v) is 20.7. The van der Waals surface area contributed by atoms with E-state index in [9.17, 15) is 0 Å². The Hall–Kier alpha value is -7.53. The molecule has 11 rings (SSSR count). The lowest BCUT2D eigenvalue weighted by atomic mass is 9.98. The van der Waals surface area contributed by atoms with Crippen LogP contribution >= 0.6 is 11.3 Å². The van der Waals surface area contributed by atoms with E-state index in [0.717, 1.165) is 56.0 Å². The van der Waals surface area contributed by atoms with Crippen molar-refractivity contribution in [3.05, 3.63) is 212 Å². The van der Waals surface area contributed by atoms with Gasteiger partial charge in [0.15, 0.2) is 5.82 Å². The Kier molecular flexibility index (Phi) is 8.68. The molecule has 0 fully saturated rings. The fraction of sp³-hybridized carbons (Fsp3) is 0. The number of aromatic nitrogens is 3. The van der Waals surface area contributed by atoms with Crippen molar-refractivity contribution in [2.75, 3.05) is 0 Å². The summed E-state index contributed by atoms with van der Waals surface area (Å²) in [6.45, 7) is 0. The molecule has 0 amide bonds. The van der Waals surface area contributed by atoms with Crippen molar-refractivity contribution in [3.63, 3.8) is 0 Å². The molecule has 0 unspecified atom stereocenters. The van der Waals surface area contributed by atoms with Gasteiger partial charge < -0.3 is 0 Å². The number of nitrogens with zero attached hydrogens (tertiary/aromatic N) is 3. The van der Waals surface area contributed by atoms with Gasteiger partial charge in [0.1, 0.15) is 0 Å². The van der Waals surface area contributed by atoms with Crippen molar-refractivity contribution in [1.82, 2.24) is 15.0 Å². The van der Waals surface area contributed by atoms with Gasteiger partial charge in [-0.3, -0.25) is 0 Å². The summed E-state index contributed by atoms with van der Waals surface area (Å²) in [5.41, 5.74) is 14.9. The molecule has 0 bridgehead atoms. The predicted octanol–water partition coefficient (Wildman–Crippen LogP) is 15.1. The molecule has 3 nitrogen and oxygen atoms in total. The highest BCUT2D eigenvalue weighted by molar-refractivity contribution is 7.26. The van der Waals surface area contributed by atoms with E-state index >= 15 is 0 Å². The summed E-state index contributed by atoms with van der Waals surface area (Å²) in [4.78, 5) is 15.6. The first-order chi connectivity index (χ1) is 29.2. The van der Waals surface area contributed by atoms with Crippen LogP contribution in [0.25, 0.3) is 110 Å². The molecule has 0 spiro atoms. The van der Waals surface area contributed by atoms with Crippen LogP contribution in [0.4, 0.5) is 0 Å². The topological polar surface area (TPSA) is 38.7 Å². The molecule has 0 N–H and O–H groups in total. The van der Waals surface area contributed by atoms with Gasteiger partial charge in [-0.15, -0.1) is 11.3 Å². The number of pyridine rings is 1. The van der Waals surface area contributed by atoms with Crippen LogP contribution in [-0.2, 0) is 0 Å². The highest BCUT2D eigenvalue weighted by atomic mass is 32.1. The Morgan fingerprint density at radius 3 is 1.32 bits per heavy atom. The summed E-state index contributed by atoms with van der Waals surface area (Å²) in [7, 11) is 0. The smallest absolute Gasteiger partial charge is 0.160 e. The molecule has 0 saturated carbocycles. The third-order valence-electron chi connectivity index (χ3n) is 11.1. The van der Waals surface area contributed by atoms with Gasteiger partial charge in [0, 0.05) is 47.8 Å². The van der Waals surface area contributed by atoms with Crippen LogP contribution in [0.3, 0.4) is 0 Å². The summed E-state index contributed by atoms with van der Waals surface area (Å²) < 4.78 is 2.53. The quantitative estimate of drug-likeness (QED) is 0.162. The third kappa shape index (κ3) is 6.56. The van der Waals surface area contributed by atoms with Crippen molar-refractivity contribution >= 4 is 42.4 Å². The van der Waals surface area contributed by atoms with Crippen molar-refractivity contribution in [3.8, 4) is 78.5 Å². The van der Waals surface area contributed by atoms with Gasteiger partial charge in [-0.2, -0.15) is 0 Å². The number of thiophene rings is 1. The molecule has 11 aromatic rings. The minimum atomic E-state index is 0.687. The highest BCUT2D eigenvalue weighted by Gasteiger charge is 2.17. The van der Waals surface area contributed by atoms with E-state index in [-0.39, 0.29) is 0 Å². The Labute approximate surface area is 346 Å². The number of hydrogen-bond acceptors (Lipinski definition) is 4. The minimum absolute atomic E-state index is 0.687. The molecule has 0 aliphatic rings. The average Bonchev–Trinajstić information content (AvgIpc) is 3.72. The molecule has 276 valence electrons. The Morgan fingerprint density at radius 1 is 0.305 bits per heavy atom. The minimum Gasteiger partial charge on any atom is -0.247 e. The van der Waals surface area contributed by atoms with Gasteiger partial charge in [0.25, 0.3) is 0 Å². The van der Waals surface area contributed by atoms with Gasteiger partial charge in [-0.25, -0.2) is 15.0 Å². The van der Waals surface area contributed by atoms with E-state index in [2.05, 4.69) is 200 Å². The van der Waals surface area contributed by atoms with Crippen molar-refractivity contribution in [2.45, 2.75) is 0 Å². The zero-order chi connectivity index (χ0) is 39.1. The van der Waals surface area contributed by atoms with Gasteiger partial charge in [-0.05, 0) is 57.6 Å². The fourth-order valence-electron chi connectivity index (χ4n) is 8.06. The van der Waals surface area contributed by atoms with Crippen LogP contribution in [0.2, 0.25) is 0 Å². The molecule has 3 aromatic heterocycles. The Morgan fingerprint density at radius 2 is 0.746 bits per heavy atom. The summed E-state index contributed by atoms with van der Waals surface area (Å²) in [6.07, 6.45) is 0. The Bertz CT molecular complexity index is 3170. The standard InChI is InChI=1S/C55H35N3S/c1-4-12-36(13-5-1)38-20-26-41(27-21-38)49-35-50(42-28-22-39(23-29-42)37-14-6-2-7-15-37)58-55(57-49)44-30-24-40(25-31-44)45-32-33-48-47(34-45)54-52(46-18-10-11-19-51(46)59-54)53(56-48)43-16-8-3-9-17-43/h1-35H. The number of hydrogen-bond donors (Lipinski definition) is 0. The molecule has 0 radical (unpaired) electrons. The van der Waals surface area contributed by atoms with Crippen molar-refractivity contribution in [2.24, 2.45) is 0 Å². The molecular formula is C55H35N3S. The molecule has 0 saturated heterocycles. The molecule has 0 aliphatic heterocycles. The summed E-state index contributed by atoms with van der Waals surface area (Å²) in [5.74, 6) is 0.687. The second-order valence-electron chi connectivity index (χ2n) is 14.8. The van der Waals surface area contributed by atoms with E-state index < -0.39 is 0 Å². The molecule has 4 heteroatoms. The summed E-state index contributed by atoms with van der Waals surface area (Å²) >= 11 is 1.85. The van der Waals surface area contributed by atoms with E-state index in [1.807, 2.05) is 23.5 Å². The normalized spacial score (nSPS) is 11.4. The van der Waals surface area contributed by atoms with Gasteiger partial charge >= 0.3 is 0 Å². The molecule has 8 aromatic carbocycles.